The van der Waals surface area contributed by atoms with Gasteiger partial charge in [0, 0.05) is 39.3 Å². The van der Waals surface area contributed by atoms with Crippen LogP contribution >= 0.6 is 0 Å². The number of hydrogen-bond acceptors (Lipinski definition) is 8. The van der Waals surface area contributed by atoms with Crippen molar-refractivity contribution in [2.45, 2.75) is 84.4 Å². The summed E-state index contributed by atoms with van der Waals surface area (Å²) in [5.74, 6) is 0. The fourth-order valence-electron chi connectivity index (χ4n) is 3.08. The number of unbranched alkanes of at least 4 members (excludes halogenated alkanes) is 2. The van der Waals surface area contributed by atoms with Crippen LogP contribution in [0.4, 0.5) is 0 Å². The first kappa shape index (κ1) is 28.7. The molecule has 0 bridgehead atoms. The molecule has 0 rings (SSSR count). The lowest BCUT2D eigenvalue weighted by atomic mass is 9.69. The summed E-state index contributed by atoms with van der Waals surface area (Å²) in [6.45, 7) is 7.57. The van der Waals surface area contributed by atoms with Crippen molar-refractivity contribution in [1.82, 2.24) is 0 Å². The zero-order valence-electron chi connectivity index (χ0n) is 18.8. The van der Waals surface area contributed by atoms with Gasteiger partial charge in [-0.1, -0.05) is 26.7 Å². The third kappa shape index (κ3) is 9.57. The Morgan fingerprint density at radius 3 is 1.31 bits per heavy atom. The molecule has 2 unspecified atom stereocenters. The Morgan fingerprint density at radius 1 is 0.655 bits per heavy atom. The SMILES string of the molecule is CCCCOC(CC(O)(CC(OCC)OCCCC)C(CO)(CO)CO)OCC. The van der Waals surface area contributed by atoms with Crippen LogP contribution in [-0.2, 0) is 18.9 Å². The third-order valence-electron chi connectivity index (χ3n) is 5.21. The molecular weight excluding hydrogens is 380 g/mol. The van der Waals surface area contributed by atoms with E-state index in [1.807, 2.05) is 27.7 Å². The molecule has 29 heavy (non-hydrogen) atoms. The first-order valence-corrected chi connectivity index (χ1v) is 10.9. The standard InChI is InChI=1S/C21H44O8/c1-5-9-11-28-18(26-7-3)13-21(25,20(15-22,16-23)17-24)14-19(27-8-4)29-12-10-6-2/h18-19,22-25H,5-17H2,1-4H3. The van der Waals surface area contributed by atoms with Gasteiger partial charge in [-0.3, -0.25) is 0 Å². The van der Waals surface area contributed by atoms with Crippen molar-refractivity contribution in [3.8, 4) is 0 Å². The summed E-state index contributed by atoms with van der Waals surface area (Å²) >= 11 is 0. The summed E-state index contributed by atoms with van der Waals surface area (Å²) < 4.78 is 22.8. The van der Waals surface area contributed by atoms with E-state index in [4.69, 9.17) is 18.9 Å². The van der Waals surface area contributed by atoms with Crippen LogP contribution in [-0.4, -0.2) is 84.9 Å². The highest BCUT2D eigenvalue weighted by Gasteiger charge is 2.52. The number of ether oxygens (including phenoxy) is 4. The van der Waals surface area contributed by atoms with Crippen molar-refractivity contribution < 1.29 is 39.4 Å². The molecule has 0 aromatic rings. The van der Waals surface area contributed by atoms with E-state index in [1.54, 1.807) is 0 Å². The Kier molecular flexibility index (Phi) is 16.2. The molecular formula is C21H44O8. The maximum atomic E-state index is 11.6. The maximum absolute atomic E-state index is 11.6. The normalized spacial score (nSPS) is 16.6. The molecule has 8 nitrogen and oxygen atoms in total. The number of hydrogen-bond donors (Lipinski definition) is 4. The third-order valence-corrected chi connectivity index (χ3v) is 5.21. The van der Waals surface area contributed by atoms with E-state index in [0.717, 1.165) is 25.7 Å². The largest absolute Gasteiger partial charge is 0.395 e. The summed E-state index contributed by atoms with van der Waals surface area (Å²) in [7, 11) is 0. The van der Waals surface area contributed by atoms with Gasteiger partial charge in [0.15, 0.2) is 12.6 Å². The molecule has 0 radical (unpaired) electrons. The van der Waals surface area contributed by atoms with Crippen molar-refractivity contribution in [3.05, 3.63) is 0 Å². The zero-order chi connectivity index (χ0) is 22.2. The lowest BCUT2D eigenvalue weighted by Gasteiger charge is -2.46. The van der Waals surface area contributed by atoms with E-state index in [-0.39, 0.29) is 12.8 Å². The molecule has 0 aliphatic heterocycles. The average Bonchev–Trinajstić information content (AvgIpc) is 2.70. The molecule has 0 fully saturated rings. The predicted molar refractivity (Wildman–Crippen MR) is 110 cm³/mol. The molecule has 176 valence electrons. The Morgan fingerprint density at radius 2 is 1.03 bits per heavy atom. The van der Waals surface area contributed by atoms with Crippen LogP contribution in [0.2, 0.25) is 0 Å². The first-order chi connectivity index (χ1) is 13.9. The molecule has 0 aliphatic rings. The summed E-state index contributed by atoms with van der Waals surface area (Å²) in [6.07, 6.45) is 1.99. The van der Waals surface area contributed by atoms with Gasteiger partial charge in [0.05, 0.1) is 30.8 Å². The number of aliphatic hydroxyl groups excluding tert-OH is 3. The van der Waals surface area contributed by atoms with Gasteiger partial charge in [-0.2, -0.15) is 0 Å². The molecule has 0 saturated heterocycles. The predicted octanol–water partition coefficient (Wildman–Crippen LogP) is 1.82. The van der Waals surface area contributed by atoms with Gasteiger partial charge in [0.1, 0.15) is 0 Å². The quantitative estimate of drug-likeness (QED) is 0.173. The summed E-state index contributed by atoms with van der Waals surface area (Å²) in [5, 5.41) is 41.6. The van der Waals surface area contributed by atoms with E-state index < -0.39 is 43.4 Å². The molecule has 0 saturated carbocycles. The molecule has 0 heterocycles. The Balaban J connectivity index is 5.65. The van der Waals surface area contributed by atoms with Gasteiger partial charge in [-0.15, -0.1) is 0 Å². The van der Waals surface area contributed by atoms with Crippen LogP contribution < -0.4 is 0 Å². The van der Waals surface area contributed by atoms with Gasteiger partial charge >= 0.3 is 0 Å². The first-order valence-electron chi connectivity index (χ1n) is 10.9. The van der Waals surface area contributed by atoms with Gasteiger partial charge in [0.25, 0.3) is 0 Å². The van der Waals surface area contributed by atoms with Gasteiger partial charge < -0.3 is 39.4 Å². The topological polar surface area (TPSA) is 118 Å². The lowest BCUT2D eigenvalue weighted by Crippen LogP contribution is -2.59. The monoisotopic (exact) mass is 424 g/mol. The van der Waals surface area contributed by atoms with Crippen molar-refractivity contribution in [2.24, 2.45) is 5.41 Å². The van der Waals surface area contributed by atoms with Crippen LogP contribution in [0.15, 0.2) is 0 Å². The molecule has 2 atom stereocenters. The Bertz CT molecular complexity index is 345. The van der Waals surface area contributed by atoms with Gasteiger partial charge in [0.2, 0.25) is 0 Å². The minimum atomic E-state index is -1.75. The lowest BCUT2D eigenvalue weighted by molar-refractivity contribution is -0.248. The van der Waals surface area contributed by atoms with E-state index in [0.29, 0.717) is 26.4 Å². The van der Waals surface area contributed by atoms with Crippen molar-refractivity contribution in [2.75, 3.05) is 46.2 Å². The second-order valence-corrected chi connectivity index (χ2v) is 7.41. The van der Waals surface area contributed by atoms with Crippen LogP contribution in [0.25, 0.3) is 0 Å². The molecule has 0 spiro atoms. The molecule has 0 amide bonds. The average molecular weight is 425 g/mol. The highest BCUT2D eigenvalue weighted by molar-refractivity contribution is 5.00. The minimum absolute atomic E-state index is 0.0487. The van der Waals surface area contributed by atoms with Crippen molar-refractivity contribution in [3.63, 3.8) is 0 Å². The summed E-state index contributed by atoms with van der Waals surface area (Å²) in [6, 6.07) is 0. The number of rotatable bonds is 20. The Labute approximate surface area is 176 Å². The molecule has 8 heteroatoms. The van der Waals surface area contributed by atoms with Gasteiger partial charge in [-0.25, -0.2) is 0 Å². The maximum Gasteiger partial charge on any atom is 0.160 e. The minimum Gasteiger partial charge on any atom is -0.395 e. The van der Waals surface area contributed by atoms with Crippen LogP contribution in [0.3, 0.4) is 0 Å². The Hall–Kier alpha value is -0.320. The van der Waals surface area contributed by atoms with Crippen molar-refractivity contribution in [1.29, 1.82) is 0 Å². The number of aliphatic hydroxyl groups is 4. The summed E-state index contributed by atoms with van der Waals surface area (Å²) in [4.78, 5) is 0. The molecule has 4 N–H and O–H groups in total. The van der Waals surface area contributed by atoms with Gasteiger partial charge in [-0.05, 0) is 26.7 Å². The van der Waals surface area contributed by atoms with E-state index in [9.17, 15) is 20.4 Å². The van der Waals surface area contributed by atoms with Crippen LogP contribution in [0.1, 0.15) is 66.2 Å². The highest BCUT2D eigenvalue weighted by Crippen LogP contribution is 2.40. The van der Waals surface area contributed by atoms with E-state index in [2.05, 4.69) is 0 Å². The van der Waals surface area contributed by atoms with Crippen molar-refractivity contribution >= 4 is 0 Å². The molecule has 0 aromatic carbocycles. The second-order valence-electron chi connectivity index (χ2n) is 7.41. The highest BCUT2D eigenvalue weighted by atomic mass is 16.7. The fraction of sp³-hybridized carbons (Fsp3) is 1.00. The molecule has 0 aliphatic carbocycles. The zero-order valence-corrected chi connectivity index (χ0v) is 18.8. The second kappa shape index (κ2) is 16.4. The molecule has 0 aromatic heterocycles. The van der Waals surface area contributed by atoms with E-state index in [1.165, 1.54) is 0 Å². The van der Waals surface area contributed by atoms with Crippen LogP contribution in [0, 0.1) is 5.41 Å². The fourth-order valence-corrected chi connectivity index (χ4v) is 3.08. The van der Waals surface area contributed by atoms with Crippen LogP contribution in [0.5, 0.6) is 0 Å². The summed E-state index contributed by atoms with van der Waals surface area (Å²) in [5.41, 5.74) is -3.32. The van der Waals surface area contributed by atoms with E-state index >= 15 is 0 Å². The smallest absolute Gasteiger partial charge is 0.160 e.